The zero-order valence-electron chi connectivity index (χ0n) is 12.0. The normalized spacial score (nSPS) is 11.7. The van der Waals surface area contributed by atoms with Gasteiger partial charge in [-0.3, -0.25) is 0 Å². The van der Waals surface area contributed by atoms with Gasteiger partial charge in [-0.15, -0.1) is 0 Å². The van der Waals surface area contributed by atoms with E-state index in [1.54, 1.807) is 13.2 Å². The van der Waals surface area contributed by atoms with E-state index >= 15 is 0 Å². The second kappa shape index (κ2) is 9.22. The Balaban J connectivity index is 2.37. The first-order chi connectivity index (χ1) is 9.99. The molecule has 6 nitrogen and oxygen atoms in total. The summed E-state index contributed by atoms with van der Waals surface area (Å²) in [6.07, 6.45) is 1.42. The molecule has 0 atom stereocenters. The number of ether oxygens (including phenoxy) is 2. The van der Waals surface area contributed by atoms with Gasteiger partial charge in [0.25, 0.3) is 0 Å². The number of hydrogen-bond donors (Lipinski definition) is 2. The molecule has 3 N–H and O–H groups in total. The van der Waals surface area contributed by atoms with Gasteiger partial charge in [0.05, 0.1) is 23.9 Å². The molecule has 1 aromatic rings. The highest BCUT2D eigenvalue weighted by Crippen LogP contribution is 2.26. The van der Waals surface area contributed by atoms with Crippen LogP contribution in [0.5, 0.6) is 0 Å². The summed E-state index contributed by atoms with van der Waals surface area (Å²) in [6.45, 7) is 1.97. The fraction of sp³-hybridized carbons (Fsp3) is 0.538. The van der Waals surface area contributed by atoms with Gasteiger partial charge in [-0.05, 0) is 25.0 Å². The Morgan fingerprint density at radius 3 is 2.67 bits per heavy atom. The third-order valence-electron chi connectivity index (χ3n) is 2.71. The standard InChI is InChI=1S/C13H21ClN2O4S/c1-19-9-10-20-8-3-2-7-16-21(17,18)13-11(14)5-4-6-12(13)15/h4-6,16H,2-3,7-10,15H2,1H3. The molecule has 0 unspecified atom stereocenters. The Bertz CT molecular complexity index is 517. The van der Waals surface area contributed by atoms with Crippen LogP contribution in [-0.2, 0) is 19.5 Å². The molecule has 0 spiro atoms. The molecule has 8 heteroatoms. The van der Waals surface area contributed by atoms with E-state index in [9.17, 15) is 8.42 Å². The molecule has 0 bridgehead atoms. The average molecular weight is 337 g/mol. The molecule has 21 heavy (non-hydrogen) atoms. The summed E-state index contributed by atoms with van der Waals surface area (Å²) >= 11 is 5.89. The van der Waals surface area contributed by atoms with Crippen molar-refractivity contribution in [2.75, 3.05) is 39.2 Å². The van der Waals surface area contributed by atoms with Crippen LogP contribution < -0.4 is 10.5 Å². The van der Waals surface area contributed by atoms with Gasteiger partial charge in [0.15, 0.2) is 0 Å². The van der Waals surface area contributed by atoms with E-state index in [4.69, 9.17) is 26.8 Å². The summed E-state index contributed by atoms with van der Waals surface area (Å²) in [5.41, 5.74) is 5.81. The first kappa shape index (κ1) is 18.2. The van der Waals surface area contributed by atoms with Crippen molar-refractivity contribution >= 4 is 27.3 Å². The highest BCUT2D eigenvalue weighted by Gasteiger charge is 2.20. The van der Waals surface area contributed by atoms with Gasteiger partial charge in [0, 0.05) is 20.3 Å². The lowest BCUT2D eigenvalue weighted by Crippen LogP contribution is -2.26. The highest BCUT2D eigenvalue weighted by atomic mass is 35.5. The second-order valence-corrected chi connectivity index (χ2v) is 6.48. The average Bonchev–Trinajstić information content (AvgIpc) is 2.41. The van der Waals surface area contributed by atoms with E-state index in [1.165, 1.54) is 12.1 Å². The van der Waals surface area contributed by atoms with E-state index in [-0.39, 0.29) is 15.6 Å². The van der Waals surface area contributed by atoms with Crippen LogP contribution in [0.15, 0.2) is 23.1 Å². The molecule has 0 saturated carbocycles. The smallest absolute Gasteiger partial charge is 0.244 e. The third-order valence-corrected chi connectivity index (χ3v) is 4.71. The van der Waals surface area contributed by atoms with Gasteiger partial charge in [0.1, 0.15) is 4.90 Å². The molecule has 1 rings (SSSR count). The molecular weight excluding hydrogens is 316 g/mol. The van der Waals surface area contributed by atoms with E-state index in [2.05, 4.69) is 4.72 Å². The van der Waals surface area contributed by atoms with Crippen molar-refractivity contribution in [3.05, 3.63) is 23.2 Å². The Hall–Kier alpha value is -0.860. The SMILES string of the molecule is COCCOCCCCNS(=O)(=O)c1c(N)cccc1Cl. The molecule has 120 valence electrons. The number of anilines is 1. The van der Waals surface area contributed by atoms with Crippen LogP contribution in [0.25, 0.3) is 0 Å². The second-order valence-electron chi connectivity index (χ2n) is 4.37. The maximum absolute atomic E-state index is 12.1. The zero-order valence-corrected chi connectivity index (χ0v) is 13.5. The number of rotatable bonds is 10. The predicted octanol–water partition coefficient (Wildman–Crippen LogP) is 1.64. The molecule has 0 amide bonds. The quantitative estimate of drug-likeness (QED) is 0.500. The van der Waals surface area contributed by atoms with Crippen molar-refractivity contribution in [1.82, 2.24) is 4.72 Å². The predicted molar refractivity (Wildman–Crippen MR) is 83.0 cm³/mol. The number of nitrogen functional groups attached to an aromatic ring is 1. The summed E-state index contributed by atoms with van der Waals surface area (Å²) in [5.74, 6) is 0. The lowest BCUT2D eigenvalue weighted by molar-refractivity contribution is 0.0689. The van der Waals surface area contributed by atoms with Crippen LogP contribution in [-0.4, -0.2) is 41.9 Å². The van der Waals surface area contributed by atoms with Gasteiger partial charge in [0.2, 0.25) is 10.0 Å². The van der Waals surface area contributed by atoms with Gasteiger partial charge < -0.3 is 15.2 Å². The number of nitrogens with two attached hydrogens (primary N) is 1. The number of benzene rings is 1. The number of hydrogen-bond acceptors (Lipinski definition) is 5. The Labute approximate surface area is 130 Å². The minimum Gasteiger partial charge on any atom is -0.398 e. The number of unbranched alkanes of at least 4 members (excludes halogenated alkanes) is 1. The molecular formula is C13H21ClN2O4S. The first-order valence-electron chi connectivity index (χ1n) is 6.59. The monoisotopic (exact) mass is 336 g/mol. The van der Waals surface area contributed by atoms with Gasteiger partial charge in [-0.2, -0.15) is 0 Å². The van der Waals surface area contributed by atoms with Crippen molar-refractivity contribution in [3.8, 4) is 0 Å². The van der Waals surface area contributed by atoms with E-state index in [0.717, 1.165) is 6.42 Å². The van der Waals surface area contributed by atoms with Crippen molar-refractivity contribution in [2.45, 2.75) is 17.7 Å². The zero-order chi connectivity index (χ0) is 15.7. The van der Waals surface area contributed by atoms with Crippen molar-refractivity contribution < 1.29 is 17.9 Å². The molecule has 0 aliphatic rings. The van der Waals surface area contributed by atoms with Crippen LogP contribution in [0.3, 0.4) is 0 Å². The van der Waals surface area contributed by atoms with Crippen molar-refractivity contribution in [2.24, 2.45) is 0 Å². The van der Waals surface area contributed by atoms with E-state index in [0.29, 0.717) is 32.8 Å². The van der Waals surface area contributed by atoms with Crippen molar-refractivity contribution in [1.29, 1.82) is 0 Å². The number of methoxy groups -OCH3 is 1. The molecule has 1 aromatic carbocycles. The van der Waals surface area contributed by atoms with Crippen LogP contribution >= 0.6 is 11.6 Å². The van der Waals surface area contributed by atoms with Crippen LogP contribution in [0.4, 0.5) is 5.69 Å². The molecule has 0 fully saturated rings. The fourth-order valence-corrected chi connectivity index (χ4v) is 3.41. The molecule has 0 heterocycles. The maximum Gasteiger partial charge on any atom is 0.244 e. The Morgan fingerprint density at radius 2 is 2.00 bits per heavy atom. The highest BCUT2D eigenvalue weighted by molar-refractivity contribution is 7.89. The molecule has 0 aliphatic carbocycles. The molecule has 0 aromatic heterocycles. The largest absolute Gasteiger partial charge is 0.398 e. The molecule has 0 radical (unpaired) electrons. The van der Waals surface area contributed by atoms with Crippen LogP contribution in [0.2, 0.25) is 5.02 Å². The first-order valence-corrected chi connectivity index (χ1v) is 8.45. The topological polar surface area (TPSA) is 90.6 Å². The lowest BCUT2D eigenvalue weighted by Gasteiger charge is -2.10. The van der Waals surface area contributed by atoms with Crippen LogP contribution in [0.1, 0.15) is 12.8 Å². The number of sulfonamides is 1. The number of nitrogens with one attached hydrogen (secondary N) is 1. The third kappa shape index (κ3) is 6.19. The lowest BCUT2D eigenvalue weighted by atomic mass is 10.3. The maximum atomic E-state index is 12.1. The fourth-order valence-electron chi connectivity index (χ4n) is 1.66. The summed E-state index contributed by atoms with van der Waals surface area (Å²) in [4.78, 5) is -0.0667. The Morgan fingerprint density at radius 1 is 1.24 bits per heavy atom. The van der Waals surface area contributed by atoms with Crippen molar-refractivity contribution in [3.63, 3.8) is 0 Å². The Kier molecular flexibility index (Phi) is 7.98. The van der Waals surface area contributed by atoms with Gasteiger partial charge in [-0.1, -0.05) is 17.7 Å². The summed E-state index contributed by atoms with van der Waals surface area (Å²) in [5, 5.41) is 0.116. The van der Waals surface area contributed by atoms with E-state index in [1.807, 2.05) is 0 Å². The minimum absolute atomic E-state index is 0.0667. The summed E-state index contributed by atoms with van der Waals surface area (Å²) in [6, 6.07) is 4.61. The number of halogens is 1. The van der Waals surface area contributed by atoms with Gasteiger partial charge >= 0.3 is 0 Å². The summed E-state index contributed by atoms with van der Waals surface area (Å²) < 4.78 is 36.9. The van der Waals surface area contributed by atoms with E-state index < -0.39 is 10.0 Å². The molecule has 0 saturated heterocycles. The summed E-state index contributed by atoms with van der Waals surface area (Å²) in [7, 11) is -2.08. The van der Waals surface area contributed by atoms with Crippen LogP contribution in [0, 0.1) is 0 Å². The van der Waals surface area contributed by atoms with Gasteiger partial charge in [-0.25, -0.2) is 13.1 Å². The molecule has 0 aliphatic heterocycles. The minimum atomic E-state index is -3.69.